The lowest BCUT2D eigenvalue weighted by atomic mass is 10.0. The minimum atomic E-state index is -3.87. The molecule has 0 bridgehead atoms. The molecule has 0 aliphatic heterocycles. The zero-order valence-corrected chi connectivity index (χ0v) is 17.4. The van der Waals surface area contributed by atoms with Gasteiger partial charge in [0.2, 0.25) is 0 Å². The van der Waals surface area contributed by atoms with Gasteiger partial charge in [-0.3, -0.25) is 4.79 Å². The molecule has 0 amide bonds. The number of carboxylic acids is 1. The van der Waals surface area contributed by atoms with Crippen LogP contribution in [0.3, 0.4) is 0 Å². The fourth-order valence-corrected chi connectivity index (χ4v) is 4.29. The third-order valence-electron chi connectivity index (χ3n) is 3.99. The molecule has 2 aromatic heterocycles. The first kappa shape index (κ1) is 22.0. The van der Waals surface area contributed by atoms with Crippen molar-refractivity contribution in [2.45, 2.75) is 12.8 Å². The van der Waals surface area contributed by atoms with E-state index in [0.717, 1.165) is 16.6 Å². The maximum Gasteiger partial charge on any atom is 0.308 e. The second kappa shape index (κ2) is 7.98. The molecule has 0 aromatic carbocycles. The highest BCUT2D eigenvalue weighted by atomic mass is 32.2. The van der Waals surface area contributed by atoms with Crippen LogP contribution in [0.25, 0.3) is 0 Å². The Bertz CT molecular complexity index is 976. The zero-order chi connectivity index (χ0) is 21.3. The van der Waals surface area contributed by atoms with Gasteiger partial charge in [0, 0.05) is 65.8 Å². The average molecular weight is 435 g/mol. The molecule has 0 aliphatic carbocycles. The molecule has 12 nitrogen and oxygen atoms in total. The van der Waals surface area contributed by atoms with Crippen molar-refractivity contribution in [1.82, 2.24) is 26.5 Å². The Morgan fingerprint density at radius 1 is 0.929 bits per heavy atom. The number of hydrogen-bond acceptors (Lipinski definition) is 7. The van der Waals surface area contributed by atoms with Gasteiger partial charge in [-0.1, -0.05) is 0 Å². The Morgan fingerprint density at radius 2 is 1.29 bits per heavy atom. The molecule has 156 valence electrons. The Kier molecular flexibility index (Phi) is 6.27. The van der Waals surface area contributed by atoms with E-state index in [9.17, 15) is 26.7 Å². The number of nitrogens with zero attached hydrogens (tertiary/aromatic N) is 6. The summed E-state index contributed by atoms with van der Waals surface area (Å²) < 4.78 is 53.1. The van der Waals surface area contributed by atoms with Crippen molar-refractivity contribution >= 4 is 26.4 Å². The maximum atomic E-state index is 12.3. The number of rotatable bonds is 9. The molecule has 0 radical (unpaired) electrons. The summed E-state index contributed by atoms with van der Waals surface area (Å²) in [6.07, 6.45) is 4.50. The predicted octanol–water partition coefficient (Wildman–Crippen LogP) is -1.13. The predicted molar refractivity (Wildman–Crippen MR) is 99.0 cm³/mol. The van der Waals surface area contributed by atoms with E-state index in [4.69, 9.17) is 0 Å². The Morgan fingerprint density at radius 3 is 1.57 bits per heavy atom. The van der Waals surface area contributed by atoms with Gasteiger partial charge in [0.1, 0.15) is 11.6 Å². The number of aliphatic carboxylic acids is 1. The first-order chi connectivity index (χ1) is 12.9. The molecule has 14 heteroatoms. The largest absolute Gasteiger partial charge is 0.481 e. The summed E-state index contributed by atoms with van der Waals surface area (Å²) in [6, 6.07) is 0. The smallest absolute Gasteiger partial charge is 0.308 e. The van der Waals surface area contributed by atoms with Crippen molar-refractivity contribution < 1.29 is 26.7 Å². The lowest BCUT2D eigenvalue weighted by Gasteiger charge is -2.18. The van der Waals surface area contributed by atoms with E-state index in [-0.39, 0.29) is 24.5 Å². The highest BCUT2D eigenvalue weighted by Gasteiger charge is 2.28. The van der Waals surface area contributed by atoms with Gasteiger partial charge in [0.05, 0.1) is 5.92 Å². The van der Waals surface area contributed by atoms with E-state index < -0.39 is 32.3 Å². The molecular formula is C14H22N6O6S2. The molecule has 0 atom stereocenters. The summed E-state index contributed by atoms with van der Waals surface area (Å²) >= 11 is 0. The molecule has 0 unspecified atom stereocenters. The van der Waals surface area contributed by atoms with E-state index in [2.05, 4.69) is 9.97 Å². The molecule has 2 aromatic rings. The van der Waals surface area contributed by atoms with Crippen LogP contribution in [-0.4, -0.2) is 82.6 Å². The van der Waals surface area contributed by atoms with Crippen molar-refractivity contribution in [2.24, 2.45) is 5.92 Å². The van der Waals surface area contributed by atoms with Crippen LogP contribution in [0.15, 0.2) is 24.8 Å². The number of carbonyl (C=O) groups is 1. The van der Waals surface area contributed by atoms with E-state index in [0.29, 0.717) is 0 Å². The quantitative estimate of drug-likeness (QED) is 0.521. The number of carboxylic acid groups (broad SMARTS) is 1. The molecule has 0 saturated carbocycles. The van der Waals surface area contributed by atoms with Crippen LogP contribution in [-0.2, 0) is 38.1 Å². The van der Waals surface area contributed by atoms with Gasteiger partial charge in [0.15, 0.2) is 0 Å². The lowest BCUT2D eigenvalue weighted by Crippen LogP contribution is -2.32. The van der Waals surface area contributed by atoms with Crippen molar-refractivity contribution in [2.75, 3.05) is 28.2 Å². The molecule has 28 heavy (non-hydrogen) atoms. The van der Waals surface area contributed by atoms with Crippen LogP contribution >= 0.6 is 0 Å². The van der Waals surface area contributed by atoms with Crippen molar-refractivity contribution in [3.63, 3.8) is 0 Å². The molecule has 0 aliphatic rings. The molecule has 0 spiro atoms. The van der Waals surface area contributed by atoms with Crippen molar-refractivity contribution in [3.8, 4) is 0 Å². The van der Waals surface area contributed by atoms with E-state index >= 15 is 0 Å². The van der Waals surface area contributed by atoms with Crippen molar-refractivity contribution in [1.29, 1.82) is 0 Å². The first-order valence-corrected chi connectivity index (χ1v) is 10.8. The molecule has 2 heterocycles. The van der Waals surface area contributed by atoms with Gasteiger partial charge in [0.25, 0.3) is 0 Å². The monoisotopic (exact) mass is 434 g/mol. The van der Waals surface area contributed by atoms with Crippen LogP contribution in [0.4, 0.5) is 0 Å². The normalized spacial score (nSPS) is 13.0. The summed E-state index contributed by atoms with van der Waals surface area (Å²) in [5.41, 5.74) is 0. The zero-order valence-electron chi connectivity index (χ0n) is 15.8. The topological polar surface area (TPSA) is 148 Å². The lowest BCUT2D eigenvalue weighted by molar-refractivity contribution is -0.141. The molecule has 2 rings (SSSR count). The Labute approximate surface area is 163 Å². The van der Waals surface area contributed by atoms with Gasteiger partial charge in [-0.25, -0.2) is 17.9 Å². The Hall–Kier alpha value is -2.29. The van der Waals surface area contributed by atoms with E-state index in [1.54, 1.807) is 0 Å². The summed E-state index contributed by atoms with van der Waals surface area (Å²) in [5.74, 6) is -2.32. The second-order valence-electron chi connectivity index (χ2n) is 6.30. The highest BCUT2D eigenvalue weighted by molar-refractivity contribution is 7.87. The van der Waals surface area contributed by atoms with Crippen LogP contribution in [0.2, 0.25) is 0 Å². The van der Waals surface area contributed by atoms with Crippen LogP contribution in [0.1, 0.15) is 11.6 Å². The highest BCUT2D eigenvalue weighted by Crippen LogP contribution is 2.17. The fourth-order valence-electron chi connectivity index (χ4n) is 2.39. The van der Waals surface area contributed by atoms with E-state index in [1.807, 2.05) is 0 Å². The summed E-state index contributed by atoms with van der Waals surface area (Å²) in [5, 5.41) is 9.58. The number of aromatic nitrogens is 4. The van der Waals surface area contributed by atoms with Crippen LogP contribution in [0.5, 0.6) is 0 Å². The minimum absolute atomic E-state index is 0.0228. The number of hydrogen-bond donors (Lipinski definition) is 1. The van der Waals surface area contributed by atoms with Gasteiger partial charge >= 0.3 is 26.4 Å². The van der Waals surface area contributed by atoms with Crippen LogP contribution in [0, 0.1) is 5.92 Å². The second-order valence-corrected chi connectivity index (χ2v) is 10.3. The van der Waals surface area contributed by atoms with Gasteiger partial charge in [-0.15, -0.1) is 0 Å². The minimum Gasteiger partial charge on any atom is -0.481 e. The van der Waals surface area contributed by atoms with Gasteiger partial charge < -0.3 is 5.11 Å². The summed E-state index contributed by atoms with van der Waals surface area (Å²) in [6.45, 7) is 0. The van der Waals surface area contributed by atoms with Gasteiger partial charge in [-0.05, 0) is 0 Å². The average Bonchev–Trinajstić information content (AvgIpc) is 3.23. The Balaban J connectivity index is 2.36. The standard InChI is InChI=1S/C14H22N6O6S2/c1-17(2)27(23,24)19-7-5-15-12(19)9-11(14(21)22)10-13-16-6-8-20(13)28(25,26)18(3)4/h5-8,11H,9-10H2,1-4H3,(H,21,22). The van der Waals surface area contributed by atoms with Crippen molar-refractivity contribution in [3.05, 3.63) is 36.4 Å². The third-order valence-corrected chi connectivity index (χ3v) is 7.49. The summed E-state index contributed by atoms with van der Waals surface area (Å²) in [4.78, 5) is 19.7. The SMILES string of the molecule is CN(C)S(=O)(=O)n1ccnc1CC(Cc1nccn1S(=O)(=O)N(C)C)C(=O)O. The van der Waals surface area contributed by atoms with Gasteiger partial charge in [-0.2, -0.15) is 25.4 Å². The fraction of sp³-hybridized carbons (Fsp3) is 0.500. The van der Waals surface area contributed by atoms with E-state index in [1.165, 1.54) is 53.0 Å². The molecule has 1 N–H and O–H groups in total. The van der Waals surface area contributed by atoms with Crippen LogP contribution < -0.4 is 0 Å². The number of imidazole rings is 2. The maximum absolute atomic E-state index is 12.3. The first-order valence-electron chi connectivity index (χ1n) is 8.02. The third kappa shape index (κ3) is 4.24. The summed E-state index contributed by atoms with van der Waals surface area (Å²) in [7, 11) is -2.36. The molecule has 0 fully saturated rings. The molecular weight excluding hydrogens is 412 g/mol. The molecule has 0 saturated heterocycles.